The molecule has 1 heterocycles. The number of carbonyl (C=O) groups excluding carboxylic acids is 2. The van der Waals surface area contributed by atoms with Crippen molar-refractivity contribution >= 4 is 17.4 Å². The molecule has 0 aliphatic carbocycles. The number of carbonyl (C=O) groups is 2. The maximum atomic E-state index is 12.2. The maximum Gasteiger partial charge on any atom is 0.230 e. The van der Waals surface area contributed by atoms with E-state index in [1.54, 1.807) is 24.3 Å². The fraction of sp³-hybridized carbons (Fsp3) is 0.467. The Morgan fingerprint density at radius 1 is 1.42 bits per heavy atom. The summed E-state index contributed by atoms with van der Waals surface area (Å²) in [6, 6.07) is 7.01. The van der Waals surface area contributed by atoms with Gasteiger partial charge in [0.15, 0.2) is 5.78 Å². The molecule has 0 saturated carbocycles. The van der Waals surface area contributed by atoms with Crippen LogP contribution in [0.4, 0.5) is 5.69 Å². The molecule has 2 unspecified atom stereocenters. The second-order valence-electron chi connectivity index (χ2n) is 4.84. The maximum absolute atomic E-state index is 12.2. The van der Waals surface area contributed by atoms with Crippen LogP contribution < -0.4 is 5.32 Å². The highest BCUT2D eigenvalue weighted by atomic mass is 16.5. The Morgan fingerprint density at radius 3 is 2.89 bits per heavy atom. The number of hydrogen-bond donors (Lipinski definition) is 1. The van der Waals surface area contributed by atoms with Gasteiger partial charge in [-0.2, -0.15) is 0 Å². The van der Waals surface area contributed by atoms with E-state index in [2.05, 4.69) is 5.32 Å². The van der Waals surface area contributed by atoms with Crippen LogP contribution >= 0.6 is 0 Å². The van der Waals surface area contributed by atoms with Crippen molar-refractivity contribution in [3.05, 3.63) is 29.8 Å². The van der Waals surface area contributed by atoms with Gasteiger partial charge in [-0.15, -0.1) is 0 Å². The summed E-state index contributed by atoms with van der Waals surface area (Å²) in [7, 11) is 0. The summed E-state index contributed by atoms with van der Waals surface area (Å²) in [4.78, 5) is 23.5. The molecule has 1 amide bonds. The smallest absolute Gasteiger partial charge is 0.230 e. The molecule has 1 fully saturated rings. The summed E-state index contributed by atoms with van der Waals surface area (Å²) in [5.41, 5.74) is 1.27. The van der Waals surface area contributed by atoms with Crippen LogP contribution in [0.25, 0.3) is 0 Å². The van der Waals surface area contributed by atoms with E-state index < -0.39 is 0 Å². The summed E-state index contributed by atoms with van der Waals surface area (Å²) in [6.07, 6.45) is 1.61. The van der Waals surface area contributed by atoms with E-state index in [0.29, 0.717) is 17.9 Å². The van der Waals surface area contributed by atoms with E-state index in [9.17, 15) is 9.59 Å². The lowest BCUT2D eigenvalue weighted by Crippen LogP contribution is -2.29. The molecule has 1 aromatic rings. The lowest BCUT2D eigenvalue weighted by Gasteiger charge is -2.16. The van der Waals surface area contributed by atoms with Gasteiger partial charge in [0.1, 0.15) is 0 Å². The summed E-state index contributed by atoms with van der Waals surface area (Å²) in [5.74, 6) is -0.122. The first kappa shape index (κ1) is 13.7. The van der Waals surface area contributed by atoms with Gasteiger partial charge in [-0.25, -0.2) is 0 Å². The average Bonchev–Trinajstić information content (AvgIpc) is 2.87. The normalized spacial score (nSPS) is 22.2. The van der Waals surface area contributed by atoms with Crippen molar-refractivity contribution in [2.75, 3.05) is 11.9 Å². The minimum absolute atomic E-state index is 0.00765. The van der Waals surface area contributed by atoms with Gasteiger partial charge < -0.3 is 10.1 Å². The van der Waals surface area contributed by atoms with E-state index in [1.165, 1.54) is 6.92 Å². The lowest BCUT2D eigenvalue weighted by atomic mass is 9.98. The fourth-order valence-electron chi connectivity index (χ4n) is 2.40. The summed E-state index contributed by atoms with van der Waals surface area (Å²) < 4.78 is 5.52. The third-order valence-corrected chi connectivity index (χ3v) is 3.49. The number of Topliss-reactive ketones (excluding diaryl/α,β-unsaturated/α-hetero) is 1. The fourth-order valence-corrected chi connectivity index (χ4v) is 2.40. The van der Waals surface area contributed by atoms with E-state index >= 15 is 0 Å². The van der Waals surface area contributed by atoms with Crippen molar-refractivity contribution in [1.29, 1.82) is 0 Å². The van der Waals surface area contributed by atoms with E-state index in [-0.39, 0.29) is 23.7 Å². The molecule has 1 saturated heterocycles. The first-order chi connectivity index (χ1) is 9.11. The zero-order valence-corrected chi connectivity index (χ0v) is 11.3. The largest absolute Gasteiger partial charge is 0.377 e. The lowest BCUT2D eigenvalue weighted by molar-refractivity contribution is -0.121. The number of anilines is 1. The van der Waals surface area contributed by atoms with Gasteiger partial charge in [-0.1, -0.05) is 19.1 Å². The Morgan fingerprint density at radius 2 is 2.21 bits per heavy atom. The zero-order chi connectivity index (χ0) is 13.8. The molecule has 2 rings (SSSR count). The Bertz CT molecular complexity index is 484. The highest BCUT2D eigenvalue weighted by Gasteiger charge is 2.32. The number of rotatable bonds is 4. The number of benzene rings is 1. The third kappa shape index (κ3) is 3.20. The second-order valence-corrected chi connectivity index (χ2v) is 4.84. The van der Waals surface area contributed by atoms with Crippen LogP contribution in [0, 0.1) is 5.92 Å². The molecule has 102 valence electrons. The van der Waals surface area contributed by atoms with Crippen molar-refractivity contribution in [1.82, 2.24) is 0 Å². The van der Waals surface area contributed by atoms with Gasteiger partial charge in [0, 0.05) is 17.9 Å². The molecular formula is C15H19NO3. The first-order valence-electron chi connectivity index (χ1n) is 6.65. The van der Waals surface area contributed by atoms with Gasteiger partial charge in [0.2, 0.25) is 5.91 Å². The van der Waals surface area contributed by atoms with Crippen LogP contribution in [0.5, 0.6) is 0 Å². The molecule has 0 bridgehead atoms. The zero-order valence-electron chi connectivity index (χ0n) is 11.3. The molecule has 1 aliphatic rings. The minimum atomic E-state index is -0.0917. The Labute approximate surface area is 113 Å². The molecule has 1 aliphatic heterocycles. The monoisotopic (exact) mass is 261 g/mol. The molecular weight excluding hydrogens is 242 g/mol. The van der Waals surface area contributed by atoms with Crippen LogP contribution in [0.1, 0.15) is 37.0 Å². The molecule has 2 atom stereocenters. The quantitative estimate of drug-likeness (QED) is 0.848. The summed E-state index contributed by atoms with van der Waals surface area (Å²) in [6.45, 7) is 4.18. The number of amides is 1. The van der Waals surface area contributed by atoms with Crippen molar-refractivity contribution in [3.63, 3.8) is 0 Å². The number of nitrogens with one attached hydrogen (secondary N) is 1. The van der Waals surface area contributed by atoms with E-state index in [4.69, 9.17) is 4.74 Å². The van der Waals surface area contributed by atoms with Crippen molar-refractivity contribution < 1.29 is 14.3 Å². The van der Waals surface area contributed by atoms with Crippen LogP contribution in [-0.4, -0.2) is 24.4 Å². The van der Waals surface area contributed by atoms with Crippen LogP contribution in [0.2, 0.25) is 0 Å². The van der Waals surface area contributed by atoms with Crippen LogP contribution in [-0.2, 0) is 9.53 Å². The van der Waals surface area contributed by atoms with Gasteiger partial charge >= 0.3 is 0 Å². The molecule has 0 radical (unpaired) electrons. The molecule has 1 aromatic carbocycles. The Kier molecular flexibility index (Phi) is 4.32. The number of ketones is 1. The van der Waals surface area contributed by atoms with Crippen molar-refractivity contribution in [2.45, 2.75) is 32.8 Å². The van der Waals surface area contributed by atoms with Crippen LogP contribution in [0.15, 0.2) is 24.3 Å². The SMILES string of the molecule is CCC1OCCC1C(=O)Nc1cccc(C(C)=O)c1. The van der Waals surface area contributed by atoms with Gasteiger partial charge in [-0.3, -0.25) is 9.59 Å². The molecule has 1 N–H and O–H groups in total. The molecule has 4 heteroatoms. The highest BCUT2D eigenvalue weighted by molar-refractivity contribution is 5.97. The predicted molar refractivity (Wildman–Crippen MR) is 73.2 cm³/mol. The summed E-state index contributed by atoms with van der Waals surface area (Å²) >= 11 is 0. The van der Waals surface area contributed by atoms with Gasteiger partial charge in [0.05, 0.1) is 12.0 Å². The second kappa shape index (κ2) is 5.97. The average molecular weight is 261 g/mol. The molecule has 0 aromatic heterocycles. The van der Waals surface area contributed by atoms with Crippen molar-refractivity contribution in [3.8, 4) is 0 Å². The topological polar surface area (TPSA) is 55.4 Å². The molecule has 0 spiro atoms. The summed E-state index contributed by atoms with van der Waals surface area (Å²) in [5, 5.41) is 2.87. The predicted octanol–water partition coefficient (Wildman–Crippen LogP) is 2.64. The highest BCUT2D eigenvalue weighted by Crippen LogP contribution is 2.25. The van der Waals surface area contributed by atoms with E-state index in [0.717, 1.165) is 12.8 Å². The third-order valence-electron chi connectivity index (χ3n) is 3.49. The minimum Gasteiger partial charge on any atom is -0.377 e. The van der Waals surface area contributed by atoms with Gasteiger partial charge in [0.25, 0.3) is 0 Å². The van der Waals surface area contributed by atoms with Crippen molar-refractivity contribution in [2.24, 2.45) is 5.92 Å². The van der Waals surface area contributed by atoms with Crippen LogP contribution in [0.3, 0.4) is 0 Å². The Hall–Kier alpha value is -1.68. The first-order valence-corrected chi connectivity index (χ1v) is 6.65. The standard InChI is InChI=1S/C15H19NO3/c1-3-14-13(7-8-19-14)15(18)16-12-6-4-5-11(9-12)10(2)17/h4-6,9,13-14H,3,7-8H2,1-2H3,(H,16,18). The Balaban J connectivity index is 2.06. The number of hydrogen-bond acceptors (Lipinski definition) is 3. The number of ether oxygens (including phenoxy) is 1. The molecule has 19 heavy (non-hydrogen) atoms. The van der Waals surface area contributed by atoms with E-state index in [1.807, 2.05) is 6.92 Å². The van der Waals surface area contributed by atoms with Gasteiger partial charge in [-0.05, 0) is 31.9 Å². The molecule has 4 nitrogen and oxygen atoms in total.